The van der Waals surface area contributed by atoms with Gasteiger partial charge >= 0.3 is 0 Å². The smallest absolute Gasteiger partial charge is 0.0389 e. The quantitative estimate of drug-likeness (QED) is 0.898. The molecule has 0 aliphatic carbocycles. The SMILES string of the molecule is CCC(NC)c1ccc(N2CCN(C)CC2C)cc1. The first kappa shape index (κ1) is 14.4. The predicted molar refractivity (Wildman–Crippen MR) is 82.8 cm³/mol. The summed E-state index contributed by atoms with van der Waals surface area (Å²) in [7, 11) is 4.24. The highest BCUT2D eigenvalue weighted by Crippen LogP contribution is 2.23. The minimum absolute atomic E-state index is 0.471. The molecule has 0 amide bonds. The Morgan fingerprint density at radius 3 is 2.47 bits per heavy atom. The average molecular weight is 261 g/mol. The van der Waals surface area contributed by atoms with E-state index in [4.69, 9.17) is 0 Å². The lowest BCUT2D eigenvalue weighted by atomic mass is 10.0. The van der Waals surface area contributed by atoms with Crippen LogP contribution in [0.25, 0.3) is 0 Å². The van der Waals surface area contributed by atoms with Gasteiger partial charge in [-0.2, -0.15) is 0 Å². The van der Waals surface area contributed by atoms with Crippen LogP contribution in [-0.2, 0) is 0 Å². The van der Waals surface area contributed by atoms with E-state index in [1.807, 2.05) is 7.05 Å². The Balaban J connectivity index is 2.09. The van der Waals surface area contributed by atoms with Gasteiger partial charge in [0, 0.05) is 37.4 Å². The van der Waals surface area contributed by atoms with Crippen molar-refractivity contribution < 1.29 is 0 Å². The van der Waals surface area contributed by atoms with Crippen molar-refractivity contribution in [2.45, 2.75) is 32.4 Å². The second-order valence-corrected chi connectivity index (χ2v) is 5.65. The number of benzene rings is 1. The number of hydrogen-bond donors (Lipinski definition) is 1. The summed E-state index contributed by atoms with van der Waals surface area (Å²) >= 11 is 0. The van der Waals surface area contributed by atoms with Crippen molar-refractivity contribution in [3.05, 3.63) is 29.8 Å². The Bertz CT molecular complexity index is 383. The van der Waals surface area contributed by atoms with E-state index < -0.39 is 0 Å². The maximum atomic E-state index is 3.36. The molecule has 0 bridgehead atoms. The monoisotopic (exact) mass is 261 g/mol. The molecule has 1 heterocycles. The Morgan fingerprint density at radius 1 is 1.26 bits per heavy atom. The summed E-state index contributed by atoms with van der Waals surface area (Å²) in [6, 6.07) is 10.2. The molecule has 19 heavy (non-hydrogen) atoms. The zero-order valence-corrected chi connectivity index (χ0v) is 12.7. The lowest BCUT2D eigenvalue weighted by molar-refractivity contribution is 0.275. The maximum absolute atomic E-state index is 3.36. The Labute approximate surface area is 117 Å². The molecule has 0 aromatic heterocycles. The third kappa shape index (κ3) is 3.28. The van der Waals surface area contributed by atoms with E-state index >= 15 is 0 Å². The third-order valence-electron chi connectivity index (χ3n) is 4.21. The highest BCUT2D eigenvalue weighted by molar-refractivity contribution is 5.49. The number of hydrogen-bond acceptors (Lipinski definition) is 3. The van der Waals surface area contributed by atoms with E-state index in [1.165, 1.54) is 11.3 Å². The molecule has 106 valence electrons. The molecule has 1 fully saturated rings. The van der Waals surface area contributed by atoms with E-state index in [9.17, 15) is 0 Å². The number of rotatable bonds is 4. The third-order valence-corrected chi connectivity index (χ3v) is 4.21. The van der Waals surface area contributed by atoms with Crippen LogP contribution in [-0.4, -0.2) is 44.7 Å². The molecular formula is C16H27N3. The van der Waals surface area contributed by atoms with Gasteiger partial charge in [-0.1, -0.05) is 19.1 Å². The molecule has 3 nitrogen and oxygen atoms in total. The number of nitrogens with one attached hydrogen (secondary N) is 1. The van der Waals surface area contributed by atoms with Crippen molar-refractivity contribution in [1.29, 1.82) is 0 Å². The zero-order valence-electron chi connectivity index (χ0n) is 12.7. The van der Waals surface area contributed by atoms with Gasteiger partial charge in [0.2, 0.25) is 0 Å². The molecule has 0 spiro atoms. The Morgan fingerprint density at radius 2 is 1.95 bits per heavy atom. The van der Waals surface area contributed by atoms with E-state index in [2.05, 4.69) is 60.3 Å². The van der Waals surface area contributed by atoms with Crippen molar-refractivity contribution in [1.82, 2.24) is 10.2 Å². The summed E-state index contributed by atoms with van der Waals surface area (Å²) in [5.41, 5.74) is 2.74. The molecule has 2 rings (SSSR count). The van der Waals surface area contributed by atoms with Gasteiger partial charge in [-0.3, -0.25) is 0 Å². The molecule has 1 aromatic carbocycles. The first-order valence-electron chi connectivity index (χ1n) is 7.38. The molecule has 3 heteroatoms. The summed E-state index contributed by atoms with van der Waals surface area (Å²) in [5.74, 6) is 0. The van der Waals surface area contributed by atoms with Crippen molar-refractivity contribution in [2.24, 2.45) is 0 Å². The van der Waals surface area contributed by atoms with Gasteiger partial charge < -0.3 is 15.1 Å². The fourth-order valence-electron chi connectivity index (χ4n) is 3.03. The summed E-state index contributed by atoms with van der Waals surface area (Å²) < 4.78 is 0. The van der Waals surface area contributed by atoms with Gasteiger partial charge in [0.15, 0.2) is 0 Å². The molecule has 0 radical (unpaired) electrons. The summed E-state index contributed by atoms with van der Waals surface area (Å²) in [6.07, 6.45) is 1.13. The Kier molecular flexibility index (Phi) is 4.83. The van der Waals surface area contributed by atoms with E-state index in [1.54, 1.807) is 0 Å². The topological polar surface area (TPSA) is 18.5 Å². The molecule has 1 N–H and O–H groups in total. The van der Waals surface area contributed by atoms with E-state index in [-0.39, 0.29) is 0 Å². The van der Waals surface area contributed by atoms with Gasteiger partial charge in [-0.05, 0) is 45.1 Å². The van der Waals surface area contributed by atoms with Gasteiger partial charge in [-0.15, -0.1) is 0 Å². The fraction of sp³-hybridized carbons (Fsp3) is 0.625. The minimum Gasteiger partial charge on any atom is -0.366 e. The molecule has 1 aliphatic rings. The fourth-order valence-corrected chi connectivity index (χ4v) is 3.03. The van der Waals surface area contributed by atoms with Gasteiger partial charge in [0.05, 0.1) is 0 Å². The van der Waals surface area contributed by atoms with Gasteiger partial charge in [-0.25, -0.2) is 0 Å². The molecule has 1 aromatic rings. The number of nitrogens with zero attached hydrogens (tertiary/aromatic N) is 2. The minimum atomic E-state index is 0.471. The van der Waals surface area contributed by atoms with Crippen molar-refractivity contribution in [2.75, 3.05) is 38.6 Å². The maximum Gasteiger partial charge on any atom is 0.0389 e. The van der Waals surface area contributed by atoms with Crippen molar-refractivity contribution >= 4 is 5.69 Å². The van der Waals surface area contributed by atoms with Crippen molar-refractivity contribution in [3.8, 4) is 0 Å². The highest BCUT2D eigenvalue weighted by Gasteiger charge is 2.21. The second kappa shape index (κ2) is 6.40. The average Bonchev–Trinajstić information content (AvgIpc) is 2.41. The van der Waals surface area contributed by atoms with Crippen LogP contribution in [0.3, 0.4) is 0 Å². The van der Waals surface area contributed by atoms with Crippen LogP contribution in [0.2, 0.25) is 0 Å². The predicted octanol–water partition coefficient (Wildman–Crippen LogP) is 2.50. The largest absolute Gasteiger partial charge is 0.366 e. The normalized spacial score (nSPS) is 22.5. The van der Waals surface area contributed by atoms with Gasteiger partial charge in [0.25, 0.3) is 0 Å². The van der Waals surface area contributed by atoms with Crippen LogP contribution in [0.15, 0.2) is 24.3 Å². The molecule has 2 atom stereocenters. The van der Waals surface area contributed by atoms with Crippen LogP contribution in [0.4, 0.5) is 5.69 Å². The van der Waals surface area contributed by atoms with E-state index in [0.29, 0.717) is 12.1 Å². The van der Waals surface area contributed by atoms with Crippen LogP contribution >= 0.6 is 0 Å². The molecule has 0 saturated carbocycles. The standard InChI is InChI=1S/C16H27N3/c1-5-16(17-3)14-6-8-15(9-7-14)19-11-10-18(4)12-13(19)2/h6-9,13,16-17H,5,10-12H2,1-4H3. The molecule has 1 saturated heterocycles. The molecule has 1 aliphatic heterocycles. The van der Waals surface area contributed by atoms with Crippen molar-refractivity contribution in [3.63, 3.8) is 0 Å². The van der Waals surface area contributed by atoms with Crippen LogP contribution in [0.1, 0.15) is 31.9 Å². The second-order valence-electron chi connectivity index (χ2n) is 5.65. The lowest BCUT2D eigenvalue weighted by Gasteiger charge is -2.40. The molecule has 2 unspecified atom stereocenters. The number of anilines is 1. The first-order chi connectivity index (χ1) is 9.15. The first-order valence-corrected chi connectivity index (χ1v) is 7.38. The van der Waals surface area contributed by atoms with Crippen LogP contribution in [0, 0.1) is 0 Å². The lowest BCUT2D eigenvalue weighted by Crippen LogP contribution is -2.50. The van der Waals surface area contributed by atoms with Crippen LogP contribution in [0.5, 0.6) is 0 Å². The summed E-state index contributed by atoms with van der Waals surface area (Å²) in [6.45, 7) is 7.96. The summed E-state index contributed by atoms with van der Waals surface area (Å²) in [4.78, 5) is 4.92. The summed E-state index contributed by atoms with van der Waals surface area (Å²) in [5, 5.41) is 3.36. The Hall–Kier alpha value is -1.06. The number of piperazine rings is 1. The van der Waals surface area contributed by atoms with Crippen LogP contribution < -0.4 is 10.2 Å². The van der Waals surface area contributed by atoms with E-state index in [0.717, 1.165) is 26.1 Å². The van der Waals surface area contributed by atoms with Gasteiger partial charge in [0.1, 0.15) is 0 Å². The highest BCUT2D eigenvalue weighted by atomic mass is 15.3. The number of likely N-dealkylation sites (N-methyl/N-ethyl adjacent to an activating group) is 1. The molecular weight excluding hydrogens is 234 g/mol. The zero-order chi connectivity index (χ0) is 13.8.